The Morgan fingerprint density at radius 3 is 2.58 bits per heavy atom. The highest BCUT2D eigenvalue weighted by Crippen LogP contribution is 2.49. The van der Waals surface area contributed by atoms with Gasteiger partial charge in [-0.25, -0.2) is 9.97 Å². The summed E-state index contributed by atoms with van der Waals surface area (Å²) in [4.78, 5) is 11.1. The van der Waals surface area contributed by atoms with Gasteiger partial charge in [-0.3, -0.25) is 0 Å². The Morgan fingerprint density at radius 1 is 1.04 bits per heavy atom. The van der Waals surface area contributed by atoms with E-state index in [1.165, 1.54) is 17.5 Å². The van der Waals surface area contributed by atoms with Crippen LogP contribution in [-0.2, 0) is 14.9 Å². The standard InChI is InChI=1S/C21H27N3O2/c1-25-15-16-26-19-7-8-21(18-6-3-2-5-17(18)19)9-13-24(14-10-21)20-22-11-4-12-23-20/h2-6,11-12,19H,7-10,13-16H2,1H3. The van der Waals surface area contributed by atoms with Gasteiger partial charge in [0.2, 0.25) is 5.95 Å². The molecule has 1 spiro atoms. The Labute approximate surface area is 155 Å². The molecule has 0 radical (unpaired) electrons. The molecule has 1 aromatic carbocycles. The first-order valence-electron chi connectivity index (χ1n) is 9.54. The predicted octanol–water partition coefficient (Wildman–Crippen LogP) is 3.51. The number of benzene rings is 1. The number of ether oxygens (including phenoxy) is 2. The molecule has 0 N–H and O–H groups in total. The average Bonchev–Trinajstić information content (AvgIpc) is 2.71. The minimum atomic E-state index is 0.197. The van der Waals surface area contributed by atoms with Crippen molar-refractivity contribution in [3.05, 3.63) is 53.9 Å². The van der Waals surface area contributed by atoms with Crippen LogP contribution in [0.3, 0.4) is 0 Å². The maximum absolute atomic E-state index is 6.12. The molecule has 5 nitrogen and oxygen atoms in total. The fourth-order valence-electron chi connectivity index (χ4n) is 4.51. The molecule has 2 aromatic rings. The fraction of sp³-hybridized carbons (Fsp3) is 0.524. The molecule has 1 aliphatic carbocycles. The first-order valence-corrected chi connectivity index (χ1v) is 9.54. The van der Waals surface area contributed by atoms with Gasteiger partial charge in [0.15, 0.2) is 0 Å². The van der Waals surface area contributed by atoms with Crippen molar-refractivity contribution in [1.82, 2.24) is 9.97 Å². The van der Waals surface area contributed by atoms with E-state index >= 15 is 0 Å². The molecule has 0 bridgehead atoms. The summed E-state index contributed by atoms with van der Waals surface area (Å²) in [6.07, 6.45) is 8.41. The number of rotatable bonds is 5. The van der Waals surface area contributed by atoms with Crippen LogP contribution in [-0.4, -0.2) is 43.4 Å². The molecule has 1 unspecified atom stereocenters. The van der Waals surface area contributed by atoms with E-state index in [0.29, 0.717) is 13.2 Å². The van der Waals surface area contributed by atoms with E-state index in [0.717, 1.165) is 38.3 Å². The lowest BCUT2D eigenvalue weighted by Gasteiger charge is -2.47. The quantitative estimate of drug-likeness (QED) is 0.770. The summed E-state index contributed by atoms with van der Waals surface area (Å²) in [5.41, 5.74) is 3.13. The summed E-state index contributed by atoms with van der Waals surface area (Å²) in [7, 11) is 1.72. The van der Waals surface area contributed by atoms with Crippen molar-refractivity contribution < 1.29 is 9.47 Å². The van der Waals surface area contributed by atoms with Gasteiger partial charge >= 0.3 is 0 Å². The van der Waals surface area contributed by atoms with E-state index in [1.807, 2.05) is 18.5 Å². The van der Waals surface area contributed by atoms with Gasteiger partial charge in [0, 0.05) is 32.6 Å². The molecule has 1 aliphatic heterocycles. The summed E-state index contributed by atoms with van der Waals surface area (Å²) >= 11 is 0. The van der Waals surface area contributed by atoms with Crippen LogP contribution in [0, 0.1) is 0 Å². The molecular formula is C21H27N3O2. The van der Waals surface area contributed by atoms with Crippen molar-refractivity contribution in [2.45, 2.75) is 37.2 Å². The highest BCUT2D eigenvalue weighted by Gasteiger charge is 2.42. The third-order valence-corrected chi connectivity index (χ3v) is 5.93. The van der Waals surface area contributed by atoms with Crippen LogP contribution >= 0.6 is 0 Å². The molecule has 0 amide bonds. The predicted molar refractivity (Wildman–Crippen MR) is 101 cm³/mol. The third kappa shape index (κ3) is 3.33. The molecule has 1 saturated heterocycles. The second kappa shape index (κ2) is 7.72. The average molecular weight is 353 g/mol. The van der Waals surface area contributed by atoms with Crippen molar-refractivity contribution in [2.75, 3.05) is 38.3 Å². The maximum atomic E-state index is 6.12. The van der Waals surface area contributed by atoms with Crippen LogP contribution < -0.4 is 4.90 Å². The van der Waals surface area contributed by atoms with Gasteiger partial charge in [-0.05, 0) is 48.3 Å². The molecule has 26 heavy (non-hydrogen) atoms. The van der Waals surface area contributed by atoms with Crippen LogP contribution in [0.25, 0.3) is 0 Å². The summed E-state index contributed by atoms with van der Waals surface area (Å²) in [6, 6.07) is 10.7. The van der Waals surface area contributed by atoms with Crippen molar-refractivity contribution in [1.29, 1.82) is 0 Å². The molecule has 1 atom stereocenters. The number of hydrogen-bond acceptors (Lipinski definition) is 5. The van der Waals surface area contributed by atoms with Gasteiger partial charge in [0.05, 0.1) is 19.3 Å². The monoisotopic (exact) mass is 353 g/mol. The van der Waals surface area contributed by atoms with E-state index in [4.69, 9.17) is 9.47 Å². The second-order valence-corrected chi connectivity index (χ2v) is 7.29. The van der Waals surface area contributed by atoms with E-state index in [2.05, 4.69) is 39.1 Å². The lowest BCUT2D eigenvalue weighted by Crippen LogP contribution is -2.45. The zero-order valence-electron chi connectivity index (χ0n) is 15.4. The van der Waals surface area contributed by atoms with Crippen LogP contribution in [0.5, 0.6) is 0 Å². The molecule has 2 aliphatic rings. The molecule has 4 rings (SSSR count). The first-order chi connectivity index (χ1) is 12.8. The topological polar surface area (TPSA) is 47.5 Å². The number of nitrogens with zero attached hydrogens (tertiary/aromatic N) is 3. The molecule has 1 fully saturated rings. The third-order valence-electron chi connectivity index (χ3n) is 5.93. The molecule has 1 aromatic heterocycles. The van der Waals surface area contributed by atoms with E-state index < -0.39 is 0 Å². The number of anilines is 1. The molecule has 5 heteroatoms. The van der Waals surface area contributed by atoms with Crippen molar-refractivity contribution in [3.8, 4) is 0 Å². The number of piperidine rings is 1. The van der Waals surface area contributed by atoms with Crippen molar-refractivity contribution in [3.63, 3.8) is 0 Å². The minimum Gasteiger partial charge on any atom is -0.382 e. The summed E-state index contributed by atoms with van der Waals surface area (Å²) in [5, 5.41) is 0. The van der Waals surface area contributed by atoms with Gasteiger partial charge in [0.1, 0.15) is 0 Å². The lowest BCUT2D eigenvalue weighted by molar-refractivity contribution is 0.0000637. The summed E-state index contributed by atoms with van der Waals surface area (Å²) < 4.78 is 11.3. The van der Waals surface area contributed by atoms with Crippen LogP contribution in [0.15, 0.2) is 42.7 Å². The zero-order valence-corrected chi connectivity index (χ0v) is 15.4. The highest BCUT2D eigenvalue weighted by atomic mass is 16.5. The van der Waals surface area contributed by atoms with Gasteiger partial charge < -0.3 is 14.4 Å². The van der Waals surface area contributed by atoms with Gasteiger partial charge in [-0.1, -0.05) is 24.3 Å². The number of hydrogen-bond donors (Lipinski definition) is 0. The molecule has 2 heterocycles. The molecular weight excluding hydrogens is 326 g/mol. The van der Waals surface area contributed by atoms with Crippen molar-refractivity contribution >= 4 is 5.95 Å². The van der Waals surface area contributed by atoms with Crippen molar-refractivity contribution in [2.24, 2.45) is 0 Å². The Balaban J connectivity index is 1.51. The molecule has 0 saturated carbocycles. The van der Waals surface area contributed by atoms with Crippen LogP contribution in [0.4, 0.5) is 5.95 Å². The minimum absolute atomic E-state index is 0.197. The van der Waals surface area contributed by atoms with Gasteiger partial charge in [0.25, 0.3) is 0 Å². The van der Waals surface area contributed by atoms with Gasteiger partial charge in [-0.15, -0.1) is 0 Å². The molecule has 138 valence electrons. The SMILES string of the molecule is COCCOC1CCC2(CCN(c3ncccn3)CC2)c2ccccc21. The maximum Gasteiger partial charge on any atom is 0.225 e. The largest absolute Gasteiger partial charge is 0.382 e. The Bertz CT molecular complexity index is 714. The van der Waals surface area contributed by atoms with E-state index in [1.54, 1.807) is 7.11 Å². The van der Waals surface area contributed by atoms with Crippen LogP contribution in [0.1, 0.15) is 42.9 Å². The Hall–Kier alpha value is -1.98. The number of fused-ring (bicyclic) bond motifs is 2. The summed E-state index contributed by atoms with van der Waals surface area (Å²) in [5.74, 6) is 0.854. The van der Waals surface area contributed by atoms with Crippen LogP contribution in [0.2, 0.25) is 0 Å². The number of methoxy groups -OCH3 is 1. The van der Waals surface area contributed by atoms with E-state index in [-0.39, 0.29) is 11.5 Å². The first kappa shape index (κ1) is 17.4. The lowest BCUT2D eigenvalue weighted by atomic mass is 9.64. The fourth-order valence-corrected chi connectivity index (χ4v) is 4.51. The van der Waals surface area contributed by atoms with E-state index in [9.17, 15) is 0 Å². The highest BCUT2D eigenvalue weighted by molar-refractivity contribution is 5.41. The normalized spacial score (nSPS) is 21.6. The second-order valence-electron chi connectivity index (χ2n) is 7.29. The smallest absolute Gasteiger partial charge is 0.225 e. The Kier molecular flexibility index (Phi) is 5.18. The summed E-state index contributed by atoms with van der Waals surface area (Å²) in [6.45, 7) is 3.32. The Morgan fingerprint density at radius 2 is 1.81 bits per heavy atom. The van der Waals surface area contributed by atoms with Gasteiger partial charge in [-0.2, -0.15) is 0 Å². The zero-order chi connectivity index (χ0) is 17.8. The number of aromatic nitrogens is 2.